The molecule has 0 aliphatic heterocycles. The molecule has 1 atom stereocenters. The van der Waals surface area contributed by atoms with E-state index in [-0.39, 0.29) is 34.2 Å². The van der Waals surface area contributed by atoms with Gasteiger partial charge in [-0.25, -0.2) is 8.42 Å². The molecule has 0 saturated heterocycles. The quantitative estimate of drug-likeness (QED) is 0.418. The first kappa shape index (κ1) is 28.6. The van der Waals surface area contributed by atoms with E-state index >= 15 is 0 Å². The zero-order valence-electron chi connectivity index (χ0n) is 20.2. The average molecular weight is 575 g/mol. The van der Waals surface area contributed by atoms with Gasteiger partial charge in [0, 0.05) is 22.6 Å². The van der Waals surface area contributed by atoms with Crippen LogP contribution in [0.1, 0.15) is 44.6 Å². The zero-order valence-corrected chi connectivity index (χ0v) is 23.3. The number of hydrogen-bond donors (Lipinski definition) is 1. The first-order chi connectivity index (χ1) is 17.0. The van der Waals surface area contributed by atoms with Crippen LogP contribution < -0.4 is 9.62 Å². The first-order valence-corrected chi connectivity index (χ1v) is 14.8. The van der Waals surface area contributed by atoms with E-state index < -0.39 is 28.5 Å². The Hall–Kier alpha value is -2.00. The van der Waals surface area contributed by atoms with Crippen molar-refractivity contribution in [2.75, 3.05) is 17.1 Å². The average Bonchev–Trinajstić information content (AvgIpc) is 3.32. The minimum absolute atomic E-state index is 0.0377. The molecule has 2 aromatic rings. The molecular weight excluding hydrogens is 545 g/mol. The molecule has 36 heavy (non-hydrogen) atoms. The second-order valence-corrected chi connectivity index (χ2v) is 12.1. The molecule has 3 rings (SSSR count). The highest BCUT2D eigenvalue weighted by Gasteiger charge is 2.33. The molecule has 0 radical (unpaired) electrons. The molecule has 0 bridgehead atoms. The van der Waals surface area contributed by atoms with Crippen LogP contribution in [0.4, 0.5) is 5.69 Å². The summed E-state index contributed by atoms with van der Waals surface area (Å²) in [4.78, 5) is 28.4. The van der Waals surface area contributed by atoms with Crippen molar-refractivity contribution in [1.29, 1.82) is 0 Å². The van der Waals surface area contributed by atoms with Crippen LogP contribution in [0.5, 0.6) is 0 Å². The highest BCUT2D eigenvalue weighted by molar-refractivity contribution is 7.92. The SMILES string of the molecule is CC[C@H](C(=O)NC1CCCC1)N(Cc1ccccc1Cl)C(=O)CN(c1cc(Cl)ccc1Cl)S(C)(=O)=O. The highest BCUT2D eigenvalue weighted by atomic mass is 35.5. The summed E-state index contributed by atoms with van der Waals surface area (Å²) in [5, 5.41) is 3.90. The van der Waals surface area contributed by atoms with Crippen LogP contribution in [0.3, 0.4) is 0 Å². The third kappa shape index (κ3) is 7.28. The number of carbonyl (C=O) groups excluding carboxylic acids is 2. The van der Waals surface area contributed by atoms with E-state index in [4.69, 9.17) is 34.8 Å². The van der Waals surface area contributed by atoms with Crippen LogP contribution in [-0.4, -0.2) is 50.0 Å². The van der Waals surface area contributed by atoms with Gasteiger partial charge in [-0.05, 0) is 49.1 Å². The topological polar surface area (TPSA) is 86.8 Å². The van der Waals surface area contributed by atoms with Gasteiger partial charge in [-0.1, -0.05) is 72.8 Å². The van der Waals surface area contributed by atoms with E-state index in [0.29, 0.717) is 17.0 Å². The Labute approximate surface area is 227 Å². The molecule has 1 saturated carbocycles. The van der Waals surface area contributed by atoms with Crippen LogP contribution in [0, 0.1) is 0 Å². The van der Waals surface area contributed by atoms with Gasteiger partial charge in [0.2, 0.25) is 21.8 Å². The largest absolute Gasteiger partial charge is 0.352 e. The fourth-order valence-corrected chi connectivity index (χ4v) is 5.85. The molecule has 0 unspecified atom stereocenters. The van der Waals surface area contributed by atoms with Crippen molar-refractivity contribution >= 4 is 62.3 Å². The Balaban J connectivity index is 1.96. The van der Waals surface area contributed by atoms with Crippen LogP contribution in [-0.2, 0) is 26.2 Å². The fourth-order valence-electron chi connectivity index (χ4n) is 4.37. The highest BCUT2D eigenvalue weighted by Crippen LogP contribution is 2.31. The van der Waals surface area contributed by atoms with Crippen molar-refractivity contribution in [3.63, 3.8) is 0 Å². The van der Waals surface area contributed by atoms with Crippen molar-refractivity contribution < 1.29 is 18.0 Å². The maximum Gasteiger partial charge on any atom is 0.244 e. The lowest BCUT2D eigenvalue weighted by Crippen LogP contribution is -2.53. The Morgan fingerprint density at radius 3 is 2.33 bits per heavy atom. The number of nitrogens with zero attached hydrogens (tertiary/aromatic N) is 2. The van der Waals surface area contributed by atoms with E-state index in [0.717, 1.165) is 36.2 Å². The minimum Gasteiger partial charge on any atom is -0.352 e. The maximum absolute atomic E-state index is 13.7. The summed E-state index contributed by atoms with van der Waals surface area (Å²) in [5.74, 6) is -0.832. The Bertz CT molecular complexity index is 1200. The van der Waals surface area contributed by atoms with E-state index in [2.05, 4.69) is 5.32 Å². The molecule has 11 heteroatoms. The molecule has 1 aliphatic rings. The normalized spacial score (nSPS) is 14.9. The van der Waals surface area contributed by atoms with Crippen molar-refractivity contribution in [1.82, 2.24) is 10.2 Å². The van der Waals surface area contributed by atoms with Gasteiger partial charge in [0.05, 0.1) is 17.0 Å². The molecule has 2 aromatic carbocycles. The Morgan fingerprint density at radius 1 is 1.06 bits per heavy atom. The smallest absolute Gasteiger partial charge is 0.244 e. The van der Waals surface area contributed by atoms with Gasteiger partial charge in [-0.15, -0.1) is 0 Å². The summed E-state index contributed by atoms with van der Waals surface area (Å²) in [6, 6.07) is 10.7. The van der Waals surface area contributed by atoms with Crippen molar-refractivity contribution in [2.45, 2.75) is 57.7 Å². The predicted octanol–water partition coefficient (Wildman–Crippen LogP) is 5.28. The summed E-state index contributed by atoms with van der Waals surface area (Å²) in [7, 11) is -3.92. The number of carbonyl (C=O) groups is 2. The summed E-state index contributed by atoms with van der Waals surface area (Å²) in [6.45, 7) is 1.29. The van der Waals surface area contributed by atoms with Gasteiger partial charge in [-0.2, -0.15) is 0 Å². The van der Waals surface area contributed by atoms with Crippen LogP contribution in [0.15, 0.2) is 42.5 Å². The standard InChI is InChI=1S/C25H30Cl3N3O4S/c1-3-22(25(33)29-19-9-5-6-10-19)30(15-17-8-4-7-11-20(17)27)24(32)16-31(36(2,34)35)23-14-18(26)12-13-21(23)28/h4,7-8,11-14,19,22H,3,5-6,9-10,15-16H2,1-2H3,(H,29,33)/t22-/m1/s1. The predicted molar refractivity (Wildman–Crippen MR) is 145 cm³/mol. The van der Waals surface area contributed by atoms with Gasteiger partial charge in [-0.3, -0.25) is 13.9 Å². The van der Waals surface area contributed by atoms with Crippen molar-refractivity contribution in [3.8, 4) is 0 Å². The van der Waals surface area contributed by atoms with Gasteiger partial charge >= 0.3 is 0 Å². The van der Waals surface area contributed by atoms with Gasteiger partial charge < -0.3 is 10.2 Å². The van der Waals surface area contributed by atoms with Crippen LogP contribution >= 0.6 is 34.8 Å². The maximum atomic E-state index is 13.7. The van der Waals surface area contributed by atoms with E-state index in [1.54, 1.807) is 24.3 Å². The molecular formula is C25H30Cl3N3O4S. The molecule has 2 amide bonds. The number of benzene rings is 2. The summed E-state index contributed by atoms with van der Waals surface area (Å²) in [6.07, 6.45) is 5.22. The molecule has 1 aliphatic carbocycles. The second kappa shape index (κ2) is 12.5. The molecule has 0 aromatic heterocycles. The van der Waals surface area contributed by atoms with E-state index in [1.165, 1.54) is 23.1 Å². The first-order valence-electron chi connectivity index (χ1n) is 11.8. The number of nitrogens with one attached hydrogen (secondary N) is 1. The molecule has 196 valence electrons. The molecule has 1 fully saturated rings. The monoisotopic (exact) mass is 573 g/mol. The number of anilines is 1. The van der Waals surface area contributed by atoms with Gasteiger partial charge in [0.25, 0.3) is 0 Å². The van der Waals surface area contributed by atoms with Crippen molar-refractivity contribution in [3.05, 3.63) is 63.1 Å². The van der Waals surface area contributed by atoms with E-state index in [9.17, 15) is 18.0 Å². The van der Waals surface area contributed by atoms with Crippen LogP contribution in [0.2, 0.25) is 15.1 Å². The van der Waals surface area contributed by atoms with Crippen LogP contribution in [0.25, 0.3) is 0 Å². The number of sulfonamides is 1. The fraction of sp³-hybridized carbons (Fsp3) is 0.440. The lowest BCUT2D eigenvalue weighted by Gasteiger charge is -2.33. The third-order valence-corrected chi connectivity index (χ3v) is 8.29. The summed E-state index contributed by atoms with van der Waals surface area (Å²) < 4.78 is 26.4. The number of rotatable bonds is 10. The second-order valence-electron chi connectivity index (χ2n) is 8.89. The molecule has 1 N–H and O–H groups in total. The van der Waals surface area contributed by atoms with E-state index in [1.807, 2.05) is 6.92 Å². The third-order valence-electron chi connectivity index (χ3n) is 6.24. The summed E-state index contributed by atoms with van der Waals surface area (Å²) >= 11 is 18.7. The Morgan fingerprint density at radius 2 is 1.72 bits per heavy atom. The van der Waals surface area contributed by atoms with Gasteiger partial charge in [0.15, 0.2) is 0 Å². The number of halogens is 3. The minimum atomic E-state index is -3.92. The molecule has 0 heterocycles. The lowest BCUT2D eigenvalue weighted by molar-refractivity contribution is -0.140. The zero-order chi connectivity index (χ0) is 26.5. The number of amides is 2. The number of hydrogen-bond acceptors (Lipinski definition) is 4. The Kier molecular flexibility index (Phi) is 9.92. The van der Waals surface area contributed by atoms with Gasteiger partial charge in [0.1, 0.15) is 12.6 Å². The summed E-state index contributed by atoms with van der Waals surface area (Å²) in [5.41, 5.74) is 0.729. The molecule has 0 spiro atoms. The van der Waals surface area contributed by atoms with Crippen molar-refractivity contribution in [2.24, 2.45) is 0 Å². The molecule has 7 nitrogen and oxygen atoms in total. The lowest BCUT2D eigenvalue weighted by atomic mass is 10.1.